The average molecular weight is 466 g/mol. The van der Waals surface area contributed by atoms with Crippen molar-refractivity contribution in [1.29, 1.82) is 0 Å². The molecule has 0 unspecified atom stereocenters. The number of nitro groups is 2. The zero-order chi connectivity index (χ0) is 24.3. The molecule has 0 amide bonds. The van der Waals surface area contributed by atoms with Gasteiger partial charge in [0, 0.05) is 6.07 Å². The first-order valence-electron chi connectivity index (χ1n) is 10.9. The summed E-state index contributed by atoms with van der Waals surface area (Å²) in [7, 11) is 1.64. The van der Waals surface area contributed by atoms with E-state index in [9.17, 15) is 20.2 Å². The smallest absolute Gasteiger partial charge is 0.317 e. The maximum Gasteiger partial charge on any atom is 0.317 e. The molecular formula is C25H26N2O7. The third-order valence-corrected chi connectivity index (χ3v) is 5.19. The van der Waals surface area contributed by atoms with E-state index >= 15 is 0 Å². The lowest BCUT2D eigenvalue weighted by Crippen LogP contribution is -2.02. The van der Waals surface area contributed by atoms with E-state index in [1.54, 1.807) is 7.11 Å². The van der Waals surface area contributed by atoms with Crippen LogP contribution in [0.15, 0.2) is 66.7 Å². The van der Waals surface area contributed by atoms with Gasteiger partial charge in [-0.1, -0.05) is 24.3 Å². The molecule has 0 saturated carbocycles. The first kappa shape index (κ1) is 24.5. The second-order valence-corrected chi connectivity index (χ2v) is 7.53. The second-order valence-electron chi connectivity index (χ2n) is 7.53. The van der Waals surface area contributed by atoms with Crippen molar-refractivity contribution in [3.8, 4) is 28.4 Å². The molecule has 3 aromatic carbocycles. The van der Waals surface area contributed by atoms with Crippen molar-refractivity contribution in [2.75, 3.05) is 20.3 Å². The maximum atomic E-state index is 11.1. The Morgan fingerprint density at radius 2 is 1.24 bits per heavy atom. The molecule has 9 heteroatoms. The molecule has 9 nitrogen and oxygen atoms in total. The van der Waals surface area contributed by atoms with Gasteiger partial charge in [0.1, 0.15) is 11.5 Å². The number of rotatable bonds is 13. The van der Waals surface area contributed by atoms with Crippen LogP contribution in [0.25, 0.3) is 11.1 Å². The van der Waals surface area contributed by atoms with Crippen LogP contribution in [0.4, 0.5) is 11.4 Å². The van der Waals surface area contributed by atoms with Crippen LogP contribution < -0.4 is 14.2 Å². The zero-order valence-corrected chi connectivity index (χ0v) is 18.8. The molecule has 0 aliphatic heterocycles. The quantitative estimate of drug-likeness (QED) is 0.167. The molecule has 0 spiro atoms. The molecule has 178 valence electrons. The van der Waals surface area contributed by atoms with E-state index in [1.807, 2.05) is 48.5 Å². The first-order chi connectivity index (χ1) is 16.5. The van der Waals surface area contributed by atoms with Crippen LogP contribution in [0.3, 0.4) is 0 Å². The van der Waals surface area contributed by atoms with Crippen molar-refractivity contribution < 1.29 is 24.1 Å². The van der Waals surface area contributed by atoms with Gasteiger partial charge in [-0.25, -0.2) is 0 Å². The lowest BCUT2D eigenvalue weighted by Gasteiger charge is -2.09. The van der Waals surface area contributed by atoms with E-state index < -0.39 is 15.5 Å². The summed E-state index contributed by atoms with van der Waals surface area (Å²) < 4.78 is 16.5. The predicted molar refractivity (Wildman–Crippen MR) is 128 cm³/mol. The molecule has 3 rings (SSSR count). The molecule has 0 fully saturated rings. The van der Waals surface area contributed by atoms with E-state index in [1.165, 1.54) is 12.1 Å². The monoisotopic (exact) mass is 466 g/mol. The molecule has 0 aliphatic carbocycles. The maximum absolute atomic E-state index is 11.1. The summed E-state index contributed by atoms with van der Waals surface area (Å²) in [5, 5.41) is 21.9. The van der Waals surface area contributed by atoms with Gasteiger partial charge in [0.25, 0.3) is 5.69 Å². The van der Waals surface area contributed by atoms with Crippen molar-refractivity contribution in [2.45, 2.75) is 25.7 Å². The number of unbranched alkanes of at least 4 members (excludes halogenated alkanes) is 3. The van der Waals surface area contributed by atoms with Gasteiger partial charge in [0.2, 0.25) is 0 Å². The molecule has 0 radical (unpaired) electrons. The fourth-order valence-corrected chi connectivity index (χ4v) is 3.34. The number of nitrogens with zero attached hydrogens (tertiary/aromatic N) is 2. The van der Waals surface area contributed by atoms with E-state index in [-0.39, 0.29) is 11.4 Å². The Bertz CT molecular complexity index is 1100. The lowest BCUT2D eigenvalue weighted by molar-refractivity contribution is -0.394. The largest absolute Gasteiger partial charge is 0.497 e. The Morgan fingerprint density at radius 3 is 1.76 bits per heavy atom. The number of benzene rings is 3. The van der Waals surface area contributed by atoms with Crippen LogP contribution >= 0.6 is 0 Å². The van der Waals surface area contributed by atoms with Crippen LogP contribution in [0.5, 0.6) is 17.2 Å². The van der Waals surface area contributed by atoms with E-state index in [0.29, 0.717) is 19.6 Å². The third kappa shape index (κ3) is 6.93. The summed E-state index contributed by atoms with van der Waals surface area (Å²) in [6.45, 7) is 0.892. The van der Waals surface area contributed by atoms with Gasteiger partial charge in [0.05, 0.1) is 36.2 Å². The minimum absolute atomic E-state index is 0.0389. The van der Waals surface area contributed by atoms with Gasteiger partial charge in [-0.15, -0.1) is 0 Å². The molecule has 0 heterocycles. The summed E-state index contributed by atoms with van der Waals surface area (Å²) >= 11 is 0. The van der Waals surface area contributed by atoms with Crippen LogP contribution in [-0.4, -0.2) is 30.2 Å². The molecule has 0 saturated heterocycles. The molecule has 3 aromatic rings. The van der Waals surface area contributed by atoms with Crippen molar-refractivity contribution in [3.63, 3.8) is 0 Å². The number of methoxy groups -OCH3 is 1. The van der Waals surface area contributed by atoms with Crippen molar-refractivity contribution in [3.05, 3.63) is 87.0 Å². The standard InChI is InChI=1S/C25H26N2O7/c1-32-22-11-6-19(7-12-22)20-8-13-23(14-9-20)33-16-4-2-3-5-17-34-25-15-10-21(26(28)29)18-24(25)27(30)31/h6-15,18H,2-5,16-17H2,1H3. The van der Waals surface area contributed by atoms with Gasteiger partial charge in [-0.3, -0.25) is 20.2 Å². The van der Waals surface area contributed by atoms with Crippen LogP contribution in [0.2, 0.25) is 0 Å². The Morgan fingerprint density at radius 1 is 0.676 bits per heavy atom. The Hall–Kier alpha value is -4.14. The Kier molecular flexibility index (Phi) is 8.79. The van der Waals surface area contributed by atoms with Crippen molar-refractivity contribution in [2.24, 2.45) is 0 Å². The summed E-state index contributed by atoms with van der Waals surface area (Å²) in [6.07, 6.45) is 3.39. The van der Waals surface area contributed by atoms with Gasteiger partial charge < -0.3 is 14.2 Å². The van der Waals surface area contributed by atoms with Gasteiger partial charge in [-0.05, 0) is 67.1 Å². The molecule has 34 heavy (non-hydrogen) atoms. The number of non-ortho nitro benzene ring substituents is 1. The average Bonchev–Trinajstić information content (AvgIpc) is 2.86. The number of hydrogen-bond acceptors (Lipinski definition) is 7. The highest BCUT2D eigenvalue weighted by Gasteiger charge is 2.20. The van der Waals surface area contributed by atoms with Gasteiger partial charge in [-0.2, -0.15) is 0 Å². The lowest BCUT2D eigenvalue weighted by atomic mass is 10.1. The Labute approximate surface area is 197 Å². The summed E-state index contributed by atoms with van der Waals surface area (Å²) in [5.74, 6) is 1.67. The highest BCUT2D eigenvalue weighted by atomic mass is 16.6. The van der Waals surface area contributed by atoms with E-state index in [2.05, 4.69) is 0 Å². The molecule has 0 bridgehead atoms. The minimum Gasteiger partial charge on any atom is -0.497 e. The fourth-order valence-electron chi connectivity index (χ4n) is 3.34. The van der Waals surface area contributed by atoms with Crippen molar-refractivity contribution >= 4 is 11.4 Å². The van der Waals surface area contributed by atoms with Gasteiger partial charge in [0.15, 0.2) is 5.75 Å². The summed E-state index contributed by atoms with van der Waals surface area (Å²) in [5.41, 5.74) is 1.46. The fraction of sp³-hybridized carbons (Fsp3) is 0.280. The highest BCUT2D eigenvalue weighted by Crippen LogP contribution is 2.31. The molecular weight excluding hydrogens is 440 g/mol. The summed E-state index contributed by atoms with van der Waals surface area (Å²) in [4.78, 5) is 20.6. The van der Waals surface area contributed by atoms with Crippen LogP contribution in [0, 0.1) is 20.2 Å². The van der Waals surface area contributed by atoms with Crippen LogP contribution in [-0.2, 0) is 0 Å². The SMILES string of the molecule is COc1ccc(-c2ccc(OCCCCCCOc3ccc([N+](=O)[O-])cc3[N+](=O)[O-])cc2)cc1. The normalized spacial score (nSPS) is 10.5. The molecule has 0 N–H and O–H groups in total. The third-order valence-electron chi connectivity index (χ3n) is 5.19. The van der Waals surface area contributed by atoms with E-state index in [4.69, 9.17) is 14.2 Å². The second kappa shape index (κ2) is 12.2. The topological polar surface area (TPSA) is 114 Å². The predicted octanol–water partition coefficient (Wildman–Crippen LogP) is 6.20. The number of ether oxygens (including phenoxy) is 3. The zero-order valence-electron chi connectivity index (χ0n) is 18.8. The van der Waals surface area contributed by atoms with Crippen LogP contribution in [0.1, 0.15) is 25.7 Å². The highest BCUT2D eigenvalue weighted by molar-refractivity contribution is 5.64. The van der Waals surface area contributed by atoms with Gasteiger partial charge >= 0.3 is 5.69 Å². The van der Waals surface area contributed by atoms with Crippen molar-refractivity contribution in [1.82, 2.24) is 0 Å². The van der Waals surface area contributed by atoms with E-state index in [0.717, 1.165) is 48.0 Å². The molecule has 0 atom stereocenters. The molecule has 0 aliphatic rings. The number of nitro benzene ring substituents is 2. The number of hydrogen-bond donors (Lipinski definition) is 0. The minimum atomic E-state index is -0.677. The first-order valence-corrected chi connectivity index (χ1v) is 10.9. The molecule has 0 aromatic heterocycles. The Balaban J connectivity index is 1.33. The summed E-state index contributed by atoms with van der Waals surface area (Å²) in [6, 6.07) is 19.2.